The van der Waals surface area contributed by atoms with E-state index in [-0.39, 0.29) is 11.9 Å². The highest BCUT2D eigenvalue weighted by atomic mass is 19.1. The first kappa shape index (κ1) is 12.0. The topological polar surface area (TPSA) is 21.3 Å². The number of ether oxygens (including phenoxy) is 1. The lowest BCUT2D eigenvalue weighted by Gasteiger charge is -2.17. The molecule has 15 heavy (non-hydrogen) atoms. The lowest BCUT2D eigenvalue weighted by molar-refractivity contribution is 0.213. The predicted octanol–water partition coefficient (Wildman–Crippen LogP) is 2.59. The first-order valence-corrected chi connectivity index (χ1v) is 5.23. The van der Waals surface area contributed by atoms with Crippen molar-refractivity contribution < 1.29 is 9.13 Å². The summed E-state index contributed by atoms with van der Waals surface area (Å²) in [6.07, 6.45) is 0.0363. The Labute approximate surface area is 90.4 Å². The summed E-state index contributed by atoms with van der Waals surface area (Å²) in [5.74, 6) is 0.310. The third kappa shape index (κ3) is 4.79. The van der Waals surface area contributed by atoms with Gasteiger partial charge in [-0.2, -0.15) is 0 Å². The first-order chi connectivity index (χ1) is 7.08. The molecule has 84 valence electrons. The second-order valence-electron chi connectivity index (χ2n) is 3.95. The van der Waals surface area contributed by atoms with Gasteiger partial charge in [-0.1, -0.05) is 19.9 Å². The van der Waals surface area contributed by atoms with Crippen LogP contribution in [0.4, 0.5) is 4.39 Å². The first-order valence-electron chi connectivity index (χ1n) is 5.23. The molecule has 1 atom stereocenters. The summed E-state index contributed by atoms with van der Waals surface area (Å²) in [6, 6.07) is 6.64. The molecule has 1 aromatic rings. The van der Waals surface area contributed by atoms with Crippen molar-refractivity contribution in [1.29, 1.82) is 0 Å². The molecule has 0 saturated carbocycles. The molecule has 0 radical (unpaired) electrons. The van der Waals surface area contributed by atoms with Crippen molar-refractivity contribution >= 4 is 0 Å². The van der Waals surface area contributed by atoms with Crippen LogP contribution in [0.1, 0.15) is 20.8 Å². The number of halogens is 1. The summed E-state index contributed by atoms with van der Waals surface area (Å²) >= 11 is 0. The van der Waals surface area contributed by atoms with E-state index >= 15 is 0 Å². The summed E-state index contributed by atoms with van der Waals surface area (Å²) in [7, 11) is 0. The predicted molar refractivity (Wildman–Crippen MR) is 59.6 cm³/mol. The van der Waals surface area contributed by atoms with Crippen molar-refractivity contribution in [3.63, 3.8) is 0 Å². The second kappa shape index (κ2) is 5.71. The number of hydrogen-bond acceptors (Lipinski definition) is 2. The Morgan fingerprint density at radius 1 is 1.33 bits per heavy atom. The molecule has 0 aromatic heterocycles. The van der Waals surface area contributed by atoms with E-state index in [2.05, 4.69) is 19.2 Å². The Bertz CT molecular complexity index is 301. The van der Waals surface area contributed by atoms with Crippen LogP contribution in [0.15, 0.2) is 24.3 Å². The zero-order valence-corrected chi connectivity index (χ0v) is 9.46. The molecule has 0 spiro atoms. The van der Waals surface area contributed by atoms with E-state index in [9.17, 15) is 4.39 Å². The summed E-state index contributed by atoms with van der Waals surface area (Å²) in [5, 5.41) is 3.26. The molecule has 0 saturated heterocycles. The van der Waals surface area contributed by atoms with Crippen molar-refractivity contribution in [2.75, 3.05) is 6.54 Å². The molecular weight excluding hydrogens is 193 g/mol. The van der Waals surface area contributed by atoms with E-state index in [1.54, 1.807) is 12.1 Å². The van der Waals surface area contributed by atoms with Crippen molar-refractivity contribution in [3.05, 3.63) is 30.1 Å². The number of nitrogens with one attached hydrogen (secondary N) is 1. The maximum absolute atomic E-state index is 12.8. The van der Waals surface area contributed by atoms with Gasteiger partial charge in [-0.05, 0) is 19.1 Å². The minimum atomic E-state index is -0.267. The molecule has 3 heteroatoms. The molecule has 1 rings (SSSR count). The van der Waals surface area contributed by atoms with Crippen LogP contribution in [0, 0.1) is 5.82 Å². The average Bonchev–Trinajstić information content (AvgIpc) is 2.15. The van der Waals surface area contributed by atoms with Crippen molar-refractivity contribution in [2.24, 2.45) is 0 Å². The van der Waals surface area contributed by atoms with Gasteiger partial charge < -0.3 is 10.1 Å². The van der Waals surface area contributed by atoms with Crippen LogP contribution in [0.2, 0.25) is 0 Å². The second-order valence-corrected chi connectivity index (χ2v) is 3.95. The van der Waals surface area contributed by atoms with Gasteiger partial charge in [0.25, 0.3) is 0 Å². The van der Waals surface area contributed by atoms with Gasteiger partial charge in [0.15, 0.2) is 0 Å². The van der Waals surface area contributed by atoms with Crippen molar-refractivity contribution in [2.45, 2.75) is 32.9 Å². The third-order valence-electron chi connectivity index (χ3n) is 1.95. The van der Waals surface area contributed by atoms with Gasteiger partial charge >= 0.3 is 0 Å². The van der Waals surface area contributed by atoms with Crippen LogP contribution in [0.25, 0.3) is 0 Å². The Morgan fingerprint density at radius 3 is 2.67 bits per heavy atom. The monoisotopic (exact) mass is 211 g/mol. The van der Waals surface area contributed by atoms with Gasteiger partial charge in [-0.25, -0.2) is 4.39 Å². The van der Waals surface area contributed by atoms with Gasteiger partial charge in [-0.15, -0.1) is 0 Å². The van der Waals surface area contributed by atoms with Crippen LogP contribution in [0.5, 0.6) is 5.75 Å². The number of rotatable bonds is 5. The fourth-order valence-corrected chi connectivity index (χ4v) is 1.22. The minimum Gasteiger partial charge on any atom is -0.489 e. The van der Waals surface area contributed by atoms with E-state index in [0.717, 1.165) is 6.54 Å². The molecule has 2 nitrogen and oxygen atoms in total. The lowest BCUT2D eigenvalue weighted by Crippen LogP contribution is -2.33. The molecule has 1 unspecified atom stereocenters. The standard InChI is InChI=1S/C12H18FNO/c1-9(2)14-8-10(3)15-12-6-4-5-11(13)7-12/h4-7,9-10,14H,8H2,1-3H3. The largest absolute Gasteiger partial charge is 0.489 e. The Hall–Kier alpha value is -1.09. The Kier molecular flexibility index (Phi) is 4.56. The highest BCUT2D eigenvalue weighted by molar-refractivity contribution is 5.22. The lowest BCUT2D eigenvalue weighted by atomic mass is 10.3. The summed E-state index contributed by atoms with van der Waals surface area (Å²) in [4.78, 5) is 0. The summed E-state index contributed by atoms with van der Waals surface area (Å²) in [6.45, 7) is 6.87. The van der Waals surface area contributed by atoms with E-state index in [1.807, 2.05) is 6.92 Å². The Morgan fingerprint density at radius 2 is 2.07 bits per heavy atom. The minimum absolute atomic E-state index is 0.0363. The van der Waals surface area contributed by atoms with Gasteiger partial charge in [0.1, 0.15) is 17.7 Å². The molecule has 1 N–H and O–H groups in total. The molecule has 0 aliphatic rings. The van der Waals surface area contributed by atoms with Crippen LogP contribution < -0.4 is 10.1 Å². The molecule has 0 aliphatic carbocycles. The van der Waals surface area contributed by atoms with Crippen LogP contribution in [-0.2, 0) is 0 Å². The molecule has 0 heterocycles. The third-order valence-corrected chi connectivity index (χ3v) is 1.95. The van der Waals surface area contributed by atoms with Crippen molar-refractivity contribution in [3.8, 4) is 5.75 Å². The molecule has 0 amide bonds. The molecular formula is C12H18FNO. The van der Waals surface area contributed by atoms with E-state index in [1.165, 1.54) is 12.1 Å². The summed E-state index contributed by atoms with van der Waals surface area (Å²) < 4.78 is 18.4. The zero-order chi connectivity index (χ0) is 11.3. The van der Waals surface area contributed by atoms with Gasteiger partial charge in [0.05, 0.1) is 0 Å². The maximum atomic E-state index is 12.8. The van der Waals surface area contributed by atoms with Crippen LogP contribution >= 0.6 is 0 Å². The van der Waals surface area contributed by atoms with Crippen LogP contribution in [-0.4, -0.2) is 18.7 Å². The SMILES string of the molecule is CC(C)NCC(C)Oc1cccc(F)c1. The van der Waals surface area contributed by atoms with E-state index in [4.69, 9.17) is 4.74 Å². The molecule has 1 aromatic carbocycles. The maximum Gasteiger partial charge on any atom is 0.126 e. The summed E-state index contributed by atoms with van der Waals surface area (Å²) in [5.41, 5.74) is 0. The molecule has 0 fully saturated rings. The highest BCUT2D eigenvalue weighted by Gasteiger charge is 2.04. The van der Waals surface area contributed by atoms with Crippen LogP contribution in [0.3, 0.4) is 0 Å². The van der Waals surface area contributed by atoms with Gasteiger partial charge in [-0.3, -0.25) is 0 Å². The average molecular weight is 211 g/mol. The van der Waals surface area contributed by atoms with Gasteiger partial charge in [0, 0.05) is 18.7 Å². The fourth-order valence-electron chi connectivity index (χ4n) is 1.22. The van der Waals surface area contributed by atoms with E-state index < -0.39 is 0 Å². The fraction of sp³-hybridized carbons (Fsp3) is 0.500. The van der Waals surface area contributed by atoms with Crippen molar-refractivity contribution in [1.82, 2.24) is 5.32 Å². The number of benzene rings is 1. The normalized spacial score (nSPS) is 12.9. The van der Waals surface area contributed by atoms with E-state index in [0.29, 0.717) is 11.8 Å². The van der Waals surface area contributed by atoms with Gasteiger partial charge in [0.2, 0.25) is 0 Å². The molecule has 0 bridgehead atoms. The zero-order valence-electron chi connectivity index (χ0n) is 9.46. The quantitative estimate of drug-likeness (QED) is 0.808. The number of hydrogen-bond donors (Lipinski definition) is 1. The highest BCUT2D eigenvalue weighted by Crippen LogP contribution is 2.13. The smallest absolute Gasteiger partial charge is 0.126 e. The Balaban J connectivity index is 2.40. The molecule has 0 aliphatic heterocycles.